The number of nitrogens with two attached hydrogens (primary N) is 1. The van der Waals surface area contributed by atoms with Gasteiger partial charge in [0, 0.05) is 43.1 Å². The molecule has 0 amide bonds. The molecule has 2 aliphatic heterocycles. The number of hydrogen-bond donors (Lipinski definition) is 3. The van der Waals surface area contributed by atoms with Crippen LogP contribution in [0.1, 0.15) is 19.4 Å². The predicted molar refractivity (Wildman–Crippen MR) is 115 cm³/mol. The Balaban J connectivity index is 1.59. The third-order valence-corrected chi connectivity index (χ3v) is 5.20. The van der Waals surface area contributed by atoms with Crippen molar-refractivity contribution in [3.8, 4) is 11.1 Å². The third-order valence-electron chi connectivity index (χ3n) is 5.20. The average molecular weight is 393 g/mol. The molecule has 0 radical (unpaired) electrons. The summed E-state index contributed by atoms with van der Waals surface area (Å²) in [5, 5.41) is 16.2. The Morgan fingerprint density at radius 1 is 1.24 bits per heavy atom. The highest BCUT2D eigenvalue weighted by atomic mass is 16.5. The van der Waals surface area contributed by atoms with Gasteiger partial charge in [0.15, 0.2) is 0 Å². The number of morpholine rings is 1. The molecule has 1 aromatic carbocycles. The smallest absolute Gasteiger partial charge is 0.115 e. The van der Waals surface area contributed by atoms with E-state index in [4.69, 9.17) is 15.9 Å². The number of rotatable bonds is 4. The number of aromatic nitrogens is 2. The summed E-state index contributed by atoms with van der Waals surface area (Å²) in [4.78, 5) is 6.72. The lowest BCUT2D eigenvalue weighted by molar-refractivity contribution is -0.0590. The van der Waals surface area contributed by atoms with Gasteiger partial charge in [-0.05, 0) is 37.6 Å². The first-order valence-corrected chi connectivity index (χ1v) is 9.78. The molecule has 3 atom stereocenters. The van der Waals surface area contributed by atoms with E-state index in [0.29, 0.717) is 17.0 Å². The Morgan fingerprint density at radius 3 is 2.69 bits per heavy atom. The number of aliphatic imine (C=N–C) groups is 1. The van der Waals surface area contributed by atoms with Gasteiger partial charge < -0.3 is 26.1 Å². The maximum atomic E-state index is 8.78. The first-order chi connectivity index (χ1) is 13.9. The molecule has 29 heavy (non-hydrogen) atoms. The van der Waals surface area contributed by atoms with Gasteiger partial charge >= 0.3 is 0 Å². The molecule has 0 bridgehead atoms. The fraction of sp³-hybridized carbons (Fsp3) is 0.381. The molecule has 1 aromatic heterocycles. The molecule has 3 heterocycles. The van der Waals surface area contributed by atoms with Gasteiger partial charge in [0.1, 0.15) is 11.9 Å². The summed E-state index contributed by atoms with van der Waals surface area (Å²) in [5.41, 5.74) is 9.81. The van der Waals surface area contributed by atoms with Crippen molar-refractivity contribution in [1.82, 2.24) is 20.0 Å². The van der Waals surface area contributed by atoms with Gasteiger partial charge in [-0.3, -0.25) is 9.67 Å². The van der Waals surface area contributed by atoms with Crippen LogP contribution >= 0.6 is 0 Å². The summed E-state index contributed by atoms with van der Waals surface area (Å²) in [6, 6.07) is 5.34. The first kappa shape index (κ1) is 19.2. The highest BCUT2D eigenvalue weighted by Crippen LogP contribution is 2.26. The number of ether oxygens (including phenoxy) is 1. The van der Waals surface area contributed by atoms with E-state index in [1.54, 1.807) is 17.2 Å². The highest BCUT2D eigenvalue weighted by Gasteiger charge is 2.26. The lowest BCUT2D eigenvalue weighted by Gasteiger charge is -2.38. The molecule has 1 unspecified atom stereocenters. The van der Waals surface area contributed by atoms with Crippen LogP contribution in [-0.4, -0.2) is 58.1 Å². The van der Waals surface area contributed by atoms with Crippen molar-refractivity contribution in [2.45, 2.75) is 32.1 Å². The number of hydrogen-bond acceptors (Lipinski definition) is 7. The van der Waals surface area contributed by atoms with Crippen molar-refractivity contribution < 1.29 is 4.74 Å². The predicted octanol–water partition coefficient (Wildman–Crippen LogP) is 1.99. The van der Waals surface area contributed by atoms with Crippen LogP contribution < -0.4 is 11.1 Å². The largest absolute Gasteiger partial charge is 0.398 e. The van der Waals surface area contributed by atoms with Crippen molar-refractivity contribution in [2.75, 3.05) is 18.8 Å². The second kappa shape index (κ2) is 7.71. The van der Waals surface area contributed by atoms with Gasteiger partial charge in [0.25, 0.3) is 0 Å². The second-order valence-electron chi connectivity index (χ2n) is 7.70. The number of anilines is 1. The average Bonchev–Trinajstić information content (AvgIpc) is 3.13. The Morgan fingerprint density at radius 2 is 2.00 bits per heavy atom. The molecule has 8 heteroatoms. The maximum Gasteiger partial charge on any atom is 0.115 e. The quantitative estimate of drug-likeness (QED) is 0.544. The van der Waals surface area contributed by atoms with E-state index in [-0.39, 0.29) is 12.2 Å². The summed E-state index contributed by atoms with van der Waals surface area (Å²) in [6.45, 7) is 5.75. The summed E-state index contributed by atoms with van der Waals surface area (Å²) in [6.07, 6.45) is 7.72. The topological polar surface area (TPSA) is 105 Å². The fourth-order valence-corrected chi connectivity index (χ4v) is 3.85. The van der Waals surface area contributed by atoms with Crippen LogP contribution in [-0.2, 0) is 11.8 Å². The number of benzene rings is 1. The van der Waals surface area contributed by atoms with Crippen LogP contribution in [0.15, 0.2) is 47.5 Å². The summed E-state index contributed by atoms with van der Waals surface area (Å²) in [7, 11) is 1.88. The zero-order valence-corrected chi connectivity index (χ0v) is 17.0. The molecule has 8 nitrogen and oxygen atoms in total. The SMILES string of the molecule is C[C@@H]1CN(C2=CC(C(=N)c3cc(-c4cnn(C)c4)ccc3N)N=CN2)C[C@H](C)O1. The van der Waals surface area contributed by atoms with Gasteiger partial charge in [-0.1, -0.05) is 6.07 Å². The molecule has 1 saturated heterocycles. The Bertz CT molecular complexity index is 967. The van der Waals surface area contributed by atoms with E-state index in [0.717, 1.165) is 30.0 Å². The van der Waals surface area contributed by atoms with Gasteiger partial charge in [0.2, 0.25) is 0 Å². The lowest BCUT2D eigenvalue weighted by Crippen LogP contribution is -2.48. The minimum atomic E-state index is -0.397. The van der Waals surface area contributed by atoms with E-state index < -0.39 is 6.04 Å². The molecule has 152 valence electrons. The first-order valence-electron chi connectivity index (χ1n) is 9.78. The van der Waals surface area contributed by atoms with E-state index in [9.17, 15) is 0 Å². The van der Waals surface area contributed by atoms with Crippen LogP contribution in [0.2, 0.25) is 0 Å². The third kappa shape index (κ3) is 4.02. The molecule has 1 fully saturated rings. The Labute approximate surface area is 170 Å². The molecule has 4 N–H and O–H groups in total. The number of nitrogen functional groups attached to an aromatic ring is 1. The number of nitrogens with zero attached hydrogens (tertiary/aromatic N) is 4. The second-order valence-corrected chi connectivity index (χ2v) is 7.70. The van der Waals surface area contributed by atoms with Gasteiger partial charge in [-0.25, -0.2) is 0 Å². The highest BCUT2D eigenvalue weighted by molar-refractivity contribution is 6.08. The van der Waals surface area contributed by atoms with Crippen LogP contribution in [0.3, 0.4) is 0 Å². The molecule has 0 spiro atoms. The Hall–Kier alpha value is -3.13. The van der Waals surface area contributed by atoms with Crippen LogP contribution in [0, 0.1) is 5.41 Å². The van der Waals surface area contributed by atoms with Crippen molar-refractivity contribution >= 4 is 17.7 Å². The molecular formula is C21H27N7O. The van der Waals surface area contributed by atoms with Crippen molar-refractivity contribution in [1.29, 1.82) is 5.41 Å². The van der Waals surface area contributed by atoms with Gasteiger partial charge in [0.05, 0.1) is 30.5 Å². The monoisotopic (exact) mass is 393 g/mol. The number of nitrogens with one attached hydrogen (secondary N) is 2. The van der Waals surface area contributed by atoms with E-state index in [2.05, 4.69) is 34.2 Å². The van der Waals surface area contributed by atoms with E-state index in [1.165, 1.54) is 0 Å². The van der Waals surface area contributed by atoms with E-state index >= 15 is 0 Å². The fourth-order valence-electron chi connectivity index (χ4n) is 3.85. The zero-order valence-electron chi connectivity index (χ0n) is 17.0. The minimum absolute atomic E-state index is 0.157. The standard InChI is InChI=1S/C21H27N7O/c1-13-9-28(10-14(2)29-13)20-7-19(24-12-25-20)21(23)17-6-15(4-5-18(17)22)16-8-26-27(3)11-16/h4-8,11-14,19,23H,9-10,22H2,1-3H3,(H,24,25)/t13-,14+,19?. The summed E-state index contributed by atoms with van der Waals surface area (Å²) >= 11 is 0. The van der Waals surface area contributed by atoms with Crippen LogP contribution in [0.5, 0.6) is 0 Å². The molecular weight excluding hydrogens is 366 g/mol. The lowest BCUT2D eigenvalue weighted by atomic mass is 9.97. The molecule has 0 saturated carbocycles. The number of aryl methyl sites for hydroxylation is 1. The van der Waals surface area contributed by atoms with E-state index in [1.807, 2.05) is 37.5 Å². The molecule has 2 aromatic rings. The molecule has 0 aliphatic carbocycles. The zero-order chi connectivity index (χ0) is 20.5. The van der Waals surface area contributed by atoms with Gasteiger partial charge in [-0.2, -0.15) is 5.10 Å². The maximum absolute atomic E-state index is 8.78. The minimum Gasteiger partial charge on any atom is -0.398 e. The van der Waals surface area contributed by atoms with Crippen molar-refractivity contribution in [3.63, 3.8) is 0 Å². The van der Waals surface area contributed by atoms with Crippen LogP contribution in [0.4, 0.5) is 5.69 Å². The van der Waals surface area contributed by atoms with Crippen molar-refractivity contribution in [2.24, 2.45) is 12.0 Å². The summed E-state index contributed by atoms with van der Waals surface area (Å²) < 4.78 is 7.58. The summed E-state index contributed by atoms with van der Waals surface area (Å²) in [5.74, 6) is 0.957. The normalized spacial score (nSPS) is 24.2. The molecule has 4 rings (SSSR count). The van der Waals surface area contributed by atoms with Crippen LogP contribution in [0.25, 0.3) is 11.1 Å². The Kier molecular flexibility index (Phi) is 5.10. The molecule has 2 aliphatic rings. The van der Waals surface area contributed by atoms with Gasteiger partial charge in [-0.15, -0.1) is 0 Å². The van der Waals surface area contributed by atoms with Crippen molar-refractivity contribution in [3.05, 3.63) is 48.1 Å².